The van der Waals surface area contributed by atoms with Crippen molar-refractivity contribution >= 4 is 21.8 Å². The zero-order valence-electron chi connectivity index (χ0n) is 11.0. The molecule has 0 aliphatic rings. The Bertz CT molecular complexity index is 390. The lowest BCUT2D eigenvalue weighted by molar-refractivity contribution is 0.0926. The van der Waals surface area contributed by atoms with Crippen LogP contribution in [-0.2, 0) is 11.3 Å². The van der Waals surface area contributed by atoms with E-state index in [0.717, 1.165) is 11.8 Å². The molecule has 0 aromatic carbocycles. The molecule has 6 heteroatoms. The molecule has 0 aliphatic heterocycles. The van der Waals surface area contributed by atoms with Crippen molar-refractivity contribution in [2.75, 3.05) is 19.0 Å². The van der Waals surface area contributed by atoms with Crippen LogP contribution in [-0.4, -0.2) is 30.0 Å². The molecule has 0 bridgehead atoms. The van der Waals surface area contributed by atoms with Gasteiger partial charge in [0.2, 0.25) is 0 Å². The van der Waals surface area contributed by atoms with Gasteiger partial charge in [-0.15, -0.1) is 0 Å². The molecule has 1 aromatic heterocycles. The van der Waals surface area contributed by atoms with E-state index in [9.17, 15) is 4.79 Å². The largest absolute Gasteiger partial charge is 0.377 e. The minimum atomic E-state index is -0.219. The smallest absolute Gasteiger partial charge is 0.273 e. The number of rotatable bonds is 7. The quantitative estimate of drug-likeness (QED) is 0.784. The van der Waals surface area contributed by atoms with Crippen molar-refractivity contribution in [3.05, 3.63) is 17.5 Å². The Morgan fingerprint density at radius 2 is 2.33 bits per heavy atom. The maximum Gasteiger partial charge on any atom is 0.273 e. The first-order valence-corrected chi connectivity index (χ1v) is 6.89. The summed E-state index contributed by atoms with van der Waals surface area (Å²) in [5, 5.41) is 7.48. The van der Waals surface area contributed by atoms with Gasteiger partial charge in [-0.2, -0.15) is 0 Å². The highest BCUT2D eigenvalue weighted by Crippen LogP contribution is 2.20. The first-order valence-electron chi connectivity index (χ1n) is 5.77. The third-order valence-corrected chi connectivity index (χ3v) is 2.97. The fourth-order valence-electron chi connectivity index (χ4n) is 1.38. The van der Waals surface area contributed by atoms with Gasteiger partial charge < -0.3 is 14.6 Å². The summed E-state index contributed by atoms with van der Waals surface area (Å²) >= 11 is 3.40. The number of alkyl halides is 1. The summed E-state index contributed by atoms with van der Waals surface area (Å²) in [5.74, 6) is 0.325. The maximum atomic E-state index is 11.8. The lowest BCUT2D eigenvalue weighted by Crippen LogP contribution is -2.34. The maximum absolute atomic E-state index is 11.8. The predicted molar refractivity (Wildman–Crippen MR) is 71.7 cm³/mol. The van der Waals surface area contributed by atoms with E-state index in [1.807, 2.05) is 0 Å². The molecule has 0 radical (unpaired) electrons. The van der Waals surface area contributed by atoms with Gasteiger partial charge in [-0.3, -0.25) is 4.79 Å². The van der Waals surface area contributed by atoms with Crippen molar-refractivity contribution < 1.29 is 14.1 Å². The summed E-state index contributed by atoms with van der Waals surface area (Å²) in [6, 6.07) is 1.59. The fraction of sp³-hybridized carbons (Fsp3) is 0.667. The van der Waals surface area contributed by atoms with Gasteiger partial charge in [-0.1, -0.05) is 34.9 Å². The van der Waals surface area contributed by atoms with E-state index >= 15 is 0 Å². The summed E-state index contributed by atoms with van der Waals surface area (Å²) in [5.41, 5.74) is 0.342. The molecule has 0 saturated carbocycles. The van der Waals surface area contributed by atoms with Gasteiger partial charge in [0, 0.05) is 25.1 Å². The zero-order valence-corrected chi connectivity index (χ0v) is 12.5. The molecule has 5 nitrogen and oxygen atoms in total. The van der Waals surface area contributed by atoms with Gasteiger partial charge in [-0.25, -0.2) is 0 Å². The number of amides is 1. The topological polar surface area (TPSA) is 64.4 Å². The number of methoxy groups -OCH3 is 1. The van der Waals surface area contributed by atoms with Gasteiger partial charge in [0.1, 0.15) is 6.61 Å². The second-order valence-corrected chi connectivity index (χ2v) is 5.69. The molecule has 1 amide bonds. The van der Waals surface area contributed by atoms with Gasteiger partial charge in [0.25, 0.3) is 5.91 Å². The molecule has 1 N–H and O–H groups in total. The number of ether oxygens (including phenoxy) is 1. The second-order valence-electron chi connectivity index (χ2n) is 4.90. The summed E-state index contributed by atoms with van der Waals surface area (Å²) in [7, 11) is 1.56. The third-order valence-electron chi connectivity index (χ3n) is 2.58. The van der Waals surface area contributed by atoms with E-state index in [-0.39, 0.29) is 17.0 Å². The zero-order chi connectivity index (χ0) is 13.6. The van der Waals surface area contributed by atoms with E-state index in [1.165, 1.54) is 0 Å². The summed E-state index contributed by atoms with van der Waals surface area (Å²) in [6.45, 7) is 5.13. The standard InChI is InChI=1S/C12H19BrN2O3/c1-12(2,4-5-13)8-14-11(16)10-6-9(7-17-3)18-15-10/h6H,4-5,7-8H2,1-3H3,(H,14,16). The van der Waals surface area contributed by atoms with Crippen LogP contribution in [0, 0.1) is 5.41 Å². The van der Waals surface area contributed by atoms with Crippen molar-refractivity contribution in [3.8, 4) is 0 Å². The SMILES string of the molecule is COCc1cc(C(=O)NCC(C)(C)CCBr)no1. The Morgan fingerprint density at radius 1 is 1.61 bits per heavy atom. The van der Waals surface area contributed by atoms with Crippen molar-refractivity contribution in [2.24, 2.45) is 5.41 Å². The fourth-order valence-corrected chi connectivity index (χ4v) is 2.46. The van der Waals surface area contributed by atoms with Crippen LogP contribution in [0.5, 0.6) is 0 Å². The second kappa shape index (κ2) is 6.89. The van der Waals surface area contributed by atoms with E-state index in [0.29, 0.717) is 18.9 Å². The van der Waals surface area contributed by atoms with Gasteiger partial charge in [-0.05, 0) is 11.8 Å². The molecule has 0 aliphatic carbocycles. The number of hydrogen-bond acceptors (Lipinski definition) is 4. The van der Waals surface area contributed by atoms with Crippen LogP contribution in [0.15, 0.2) is 10.6 Å². The highest BCUT2D eigenvalue weighted by atomic mass is 79.9. The van der Waals surface area contributed by atoms with Crippen LogP contribution >= 0.6 is 15.9 Å². The number of aromatic nitrogens is 1. The molecule has 0 fully saturated rings. The first kappa shape index (κ1) is 15.2. The minimum absolute atomic E-state index is 0.0538. The molecule has 1 aromatic rings. The average Bonchev–Trinajstić information content (AvgIpc) is 2.75. The van der Waals surface area contributed by atoms with Crippen LogP contribution in [0.2, 0.25) is 0 Å². The van der Waals surface area contributed by atoms with Crippen molar-refractivity contribution in [1.29, 1.82) is 0 Å². The van der Waals surface area contributed by atoms with Crippen LogP contribution < -0.4 is 5.32 Å². The summed E-state index contributed by atoms with van der Waals surface area (Å²) < 4.78 is 9.86. The molecule has 102 valence electrons. The molecule has 0 saturated heterocycles. The van der Waals surface area contributed by atoms with E-state index in [4.69, 9.17) is 9.26 Å². The van der Waals surface area contributed by atoms with Crippen LogP contribution in [0.25, 0.3) is 0 Å². The molecule has 0 unspecified atom stereocenters. The number of nitrogens with one attached hydrogen (secondary N) is 1. The first-order chi connectivity index (χ1) is 8.48. The van der Waals surface area contributed by atoms with Gasteiger partial charge >= 0.3 is 0 Å². The highest BCUT2D eigenvalue weighted by molar-refractivity contribution is 9.09. The Balaban J connectivity index is 2.49. The van der Waals surface area contributed by atoms with Crippen molar-refractivity contribution in [2.45, 2.75) is 26.9 Å². The molecule has 1 rings (SSSR count). The molecule has 1 heterocycles. The third kappa shape index (κ3) is 4.78. The Kier molecular flexibility index (Phi) is 5.81. The summed E-state index contributed by atoms with van der Waals surface area (Å²) in [4.78, 5) is 11.8. The molecular formula is C12H19BrN2O3. The van der Waals surface area contributed by atoms with Gasteiger partial charge in [0.15, 0.2) is 11.5 Å². The average molecular weight is 319 g/mol. The number of hydrogen-bond donors (Lipinski definition) is 1. The molecular weight excluding hydrogens is 300 g/mol. The highest BCUT2D eigenvalue weighted by Gasteiger charge is 2.19. The van der Waals surface area contributed by atoms with Crippen molar-refractivity contribution in [3.63, 3.8) is 0 Å². The van der Waals surface area contributed by atoms with Crippen LogP contribution in [0.3, 0.4) is 0 Å². The number of carbonyl (C=O) groups is 1. The summed E-state index contributed by atoms with van der Waals surface area (Å²) in [6.07, 6.45) is 0.987. The van der Waals surface area contributed by atoms with Crippen molar-refractivity contribution in [1.82, 2.24) is 10.5 Å². The minimum Gasteiger partial charge on any atom is -0.377 e. The predicted octanol–water partition coefficient (Wildman–Crippen LogP) is 2.36. The Morgan fingerprint density at radius 3 is 2.94 bits per heavy atom. The number of carbonyl (C=O) groups excluding carboxylic acids is 1. The number of nitrogens with zero attached hydrogens (tertiary/aromatic N) is 1. The lowest BCUT2D eigenvalue weighted by atomic mass is 9.90. The lowest BCUT2D eigenvalue weighted by Gasteiger charge is -2.23. The normalized spacial score (nSPS) is 11.6. The van der Waals surface area contributed by atoms with Crippen LogP contribution in [0.4, 0.5) is 0 Å². The van der Waals surface area contributed by atoms with Gasteiger partial charge in [0.05, 0.1) is 0 Å². The molecule has 0 atom stereocenters. The molecule has 0 spiro atoms. The van der Waals surface area contributed by atoms with E-state index in [2.05, 4.69) is 40.3 Å². The monoisotopic (exact) mass is 318 g/mol. The van der Waals surface area contributed by atoms with E-state index in [1.54, 1.807) is 13.2 Å². The molecule has 18 heavy (non-hydrogen) atoms. The Labute approximate surface area is 115 Å². The van der Waals surface area contributed by atoms with E-state index < -0.39 is 0 Å². The van der Waals surface area contributed by atoms with Crippen LogP contribution in [0.1, 0.15) is 36.5 Å². The number of halogens is 1. The Hall–Kier alpha value is -0.880.